The van der Waals surface area contributed by atoms with Gasteiger partial charge in [0.2, 0.25) is 0 Å². The molecule has 20 heavy (non-hydrogen) atoms. The molecule has 0 radical (unpaired) electrons. The summed E-state index contributed by atoms with van der Waals surface area (Å²) in [5.41, 5.74) is 1.54. The van der Waals surface area contributed by atoms with Crippen molar-refractivity contribution in [1.82, 2.24) is 9.97 Å². The van der Waals surface area contributed by atoms with Gasteiger partial charge in [0.1, 0.15) is 6.07 Å². The molecule has 5 nitrogen and oxygen atoms in total. The Morgan fingerprint density at radius 3 is 2.70 bits per heavy atom. The van der Waals surface area contributed by atoms with E-state index in [1.807, 2.05) is 24.3 Å². The fraction of sp³-hybridized carbons (Fsp3) is 0.267. The molecule has 0 unspecified atom stereocenters. The maximum atomic E-state index is 8.91. The Balaban J connectivity index is 1.78. The molecule has 1 aromatic carbocycles. The summed E-state index contributed by atoms with van der Waals surface area (Å²) < 4.78 is 0. The normalized spacial score (nSPS) is 9.80. The second-order valence-corrected chi connectivity index (χ2v) is 4.40. The summed E-state index contributed by atoms with van der Waals surface area (Å²) in [7, 11) is 2.07. The molecule has 5 heteroatoms. The largest absolute Gasteiger partial charge is 0.375 e. The molecule has 2 rings (SSSR count). The van der Waals surface area contributed by atoms with Gasteiger partial charge in [0.15, 0.2) is 11.5 Å². The van der Waals surface area contributed by atoms with Gasteiger partial charge in [0.25, 0.3) is 0 Å². The Kier molecular flexibility index (Phi) is 4.90. The first-order chi connectivity index (χ1) is 9.81. The predicted octanol–water partition coefficient (Wildman–Crippen LogP) is 2.29. The lowest BCUT2D eigenvalue weighted by atomic mass is 10.3. The Bertz CT molecular complexity index is 576. The zero-order chi connectivity index (χ0) is 14.2. The average Bonchev–Trinajstić information content (AvgIpc) is 2.52. The lowest BCUT2D eigenvalue weighted by Crippen LogP contribution is -2.21. The van der Waals surface area contributed by atoms with Gasteiger partial charge in [-0.25, -0.2) is 9.97 Å². The molecule has 0 atom stereocenters. The Morgan fingerprint density at radius 2 is 1.95 bits per heavy atom. The molecule has 0 amide bonds. The van der Waals surface area contributed by atoms with Crippen molar-refractivity contribution in [3.63, 3.8) is 0 Å². The van der Waals surface area contributed by atoms with Gasteiger partial charge in [0.05, 0.1) is 0 Å². The molecular formula is C15H17N5. The number of hydrogen-bond donors (Lipinski definition) is 1. The van der Waals surface area contributed by atoms with Gasteiger partial charge in [-0.3, -0.25) is 0 Å². The summed E-state index contributed by atoms with van der Waals surface area (Å²) in [6.07, 6.45) is 4.05. The molecular weight excluding hydrogens is 250 g/mol. The summed E-state index contributed by atoms with van der Waals surface area (Å²) in [5.74, 6) is 0.553. The van der Waals surface area contributed by atoms with Crippen LogP contribution in [0.2, 0.25) is 0 Å². The van der Waals surface area contributed by atoms with E-state index in [9.17, 15) is 0 Å². The van der Waals surface area contributed by atoms with Crippen LogP contribution < -0.4 is 10.2 Å². The molecule has 1 N–H and O–H groups in total. The first kappa shape index (κ1) is 13.8. The van der Waals surface area contributed by atoms with E-state index in [4.69, 9.17) is 5.26 Å². The van der Waals surface area contributed by atoms with E-state index in [1.54, 1.807) is 6.20 Å². The fourth-order valence-electron chi connectivity index (χ4n) is 1.88. The minimum atomic E-state index is 0.337. The van der Waals surface area contributed by atoms with Crippen LogP contribution in [0.25, 0.3) is 0 Å². The van der Waals surface area contributed by atoms with E-state index in [2.05, 4.69) is 39.4 Å². The zero-order valence-electron chi connectivity index (χ0n) is 11.5. The smallest absolute Gasteiger partial charge is 0.182 e. The number of para-hydroxylation sites is 1. The van der Waals surface area contributed by atoms with Crippen LogP contribution in [-0.2, 0) is 0 Å². The number of nitrogens with one attached hydrogen (secondary N) is 1. The fourth-order valence-corrected chi connectivity index (χ4v) is 1.88. The maximum Gasteiger partial charge on any atom is 0.182 e. The van der Waals surface area contributed by atoms with Crippen molar-refractivity contribution in [3.05, 3.63) is 48.4 Å². The third kappa shape index (κ3) is 3.69. The van der Waals surface area contributed by atoms with Crippen LogP contribution in [0.5, 0.6) is 0 Å². The van der Waals surface area contributed by atoms with Gasteiger partial charge >= 0.3 is 0 Å². The number of benzene rings is 1. The predicted molar refractivity (Wildman–Crippen MR) is 79.6 cm³/mol. The first-order valence-electron chi connectivity index (χ1n) is 6.52. The highest BCUT2D eigenvalue weighted by Gasteiger charge is 2.03. The topological polar surface area (TPSA) is 64.8 Å². The molecule has 0 aliphatic heterocycles. The van der Waals surface area contributed by atoms with Gasteiger partial charge in [-0.05, 0) is 18.6 Å². The van der Waals surface area contributed by atoms with Crippen molar-refractivity contribution in [2.45, 2.75) is 6.42 Å². The van der Waals surface area contributed by atoms with Crippen LogP contribution in [-0.4, -0.2) is 30.1 Å². The van der Waals surface area contributed by atoms with E-state index >= 15 is 0 Å². The minimum Gasteiger partial charge on any atom is -0.375 e. The van der Waals surface area contributed by atoms with Gasteiger partial charge in [-0.2, -0.15) is 5.26 Å². The molecule has 1 heterocycles. The molecule has 0 bridgehead atoms. The van der Waals surface area contributed by atoms with E-state index < -0.39 is 0 Å². The molecule has 2 aromatic rings. The Labute approximate surface area is 118 Å². The lowest BCUT2D eigenvalue weighted by Gasteiger charge is -2.19. The molecule has 102 valence electrons. The number of aromatic nitrogens is 2. The average molecular weight is 267 g/mol. The van der Waals surface area contributed by atoms with E-state index in [1.165, 1.54) is 11.9 Å². The van der Waals surface area contributed by atoms with Crippen LogP contribution in [0.15, 0.2) is 42.7 Å². The second kappa shape index (κ2) is 7.10. The van der Waals surface area contributed by atoms with Crippen LogP contribution >= 0.6 is 0 Å². The molecule has 0 aliphatic carbocycles. The van der Waals surface area contributed by atoms with Gasteiger partial charge in [-0.15, -0.1) is 0 Å². The maximum absolute atomic E-state index is 8.91. The second-order valence-electron chi connectivity index (χ2n) is 4.40. The third-order valence-corrected chi connectivity index (χ3v) is 2.96. The van der Waals surface area contributed by atoms with Crippen molar-refractivity contribution in [1.29, 1.82) is 5.26 Å². The number of nitrogens with zero attached hydrogens (tertiary/aromatic N) is 4. The standard InChI is InChI=1S/C15H17N5/c1-20(13-6-3-2-4-7-13)11-5-8-18-15-14(12-16)17-9-10-19-15/h2-4,6-7,9-10H,5,8,11H2,1H3,(H,18,19). The molecule has 0 spiro atoms. The summed E-state index contributed by atoms with van der Waals surface area (Å²) in [6.45, 7) is 1.68. The van der Waals surface area contributed by atoms with Crippen LogP contribution in [0.4, 0.5) is 11.5 Å². The van der Waals surface area contributed by atoms with Gasteiger partial charge < -0.3 is 10.2 Å². The van der Waals surface area contributed by atoms with Crippen molar-refractivity contribution in [2.75, 3.05) is 30.4 Å². The highest BCUT2D eigenvalue weighted by Crippen LogP contribution is 2.11. The minimum absolute atomic E-state index is 0.337. The Hall–Kier alpha value is -2.61. The van der Waals surface area contributed by atoms with Crippen molar-refractivity contribution < 1.29 is 0 Å². The zero-order valence-corrected chi connectivity index (χ0v) is 11.5. The highest BCUT2D eigenvalue weighted by atomic mass is 15.1. The third-order valence-electron chi connectivity index (χ3n) is 2.96. The molecule has 0 saturated heterocycles. The molecule has 1 aromatic heterocycles. The number of anilines is 2. The van der Waals surface area contributed by atoms with E-state index in [0.29, 0.717) is 11.5 Å². The first-order valence-corrected chi connectivity index (χ1v) is 6.52. The summed E-state index contributed by atoms with van der Waals surface area (Å²) >= 11 is 0. The van der Waals surface area contributed by atoms with Crippen molar-refractivity contribution >= 4 is 11.5 Å². The van der Waals surface area contributed by atoms with E-state index in [0.717, 1.165) is 19.5 Å². The molecule has 0 fully saturated rings. The van der Waals surface area contributed by atoms with Gasteiger partial charge in [-0.1, -0.05) is 18.2 Å². The number of hydrogen-bond acceptors (Lipinski definition) is 5. The van der Waals surface area contributed by atoms with Gasteiger partial charge in [0, 0.05) is 38.2 Å². The molecule has 0 saturated carbocycles. The monoisotopic (exact) mass is 267 g/mol. The lowest BCUT2D eigenvalue weighted by molar-refractivity contribution is 0.813. The SMILES string of the molecule is CN(CCCNc1nccnc1C#N)c1ccccc1. The Morgan fingerprint density at radius 1 is 1.20 bits per heavy atom. The number of rotatable bonds is 6. The highest BCUT2D eigenvalue weighted by molar-refractivity contribution is 5.47. The van der Waals surface area contributed by atoms with Crippen LogP contribution in [0, 0.1) is 11.3 Å². The quantitative estimate of drug-likeness (QED) is 0.813. The van der Waals surface area contributed by atoms with Crippen molar-refractivity contribution in [2.24, 2.45) is 0 Å². The number of nitriles is 1. The molecule has 0 aliphatic rings. The van der Waals surface area contributed by atoms with Crippen molar-refractivity contribution in [3.8, 4) is 6.07 Å². The summed E-state index contributed by atoms with van der Waals surface area (Å²) in [5, 5.41) is 12.1. The summed E-state index contributed by atoms with van der Waals surface area (Å²) in [4.78, 5) is 10.3. The summed E-state index contributed by atoms with van der Waals surface area (Å²) in [6, 6.07) is 12.3. The van der Waals surface area contributed by atoms with Crippen LogP contribution in [0.1, 0.15) is 12.1 Å². The van der Waals surface area contributed by atoms with E-state index in [-0.39, 0.29) is 0 Å². The van der Waals surface area contributed by atoms with Crippen LogP contribution in [0.3, 0.4) is 0 Å².